The van der Waals surface area contributed by atoms with Gasteiger partial charge in [0.1, 0.15) is 17.8 Å². The summed E-state index contributed by atoms with van der Waals surface area (Å²) in [7, 11) is 0. The smallest absolute Gasteiger partial charge is 0.171 e. The first-order valence-electron chi connectivity index (χ1n) is 6.67. The zero-order chi connectivity index (χ0) is 13.2. The summed E-state index contributed by atoms with van der Waals surface area (Å²) in [6.07, 6.45) is 5.78. The molecule has 1 aromatic heterocycles. The molecule has 2 rings (SSSR count). The zero-order valence-electron chi connectivity index (χ0n) is 11.1. The second kappa shape index (κ2) is 5.18. The van der Waals surface area contributed by atoms with Gasteiger partial charge in [0.15, 0.2) is 5.78 Å². The number of aromatic nitrogens is 3. The Balaban J connectivity index is 2.08. The molecular weight excluding hydrogens is 230 g/mol. The molecule has 1 heterocycles. The van der Waals surface area contributed by atoms with E-state index in [0.29, 0.717) is 18.7 Å². The normalized spacial score (nSPS) is 19.1. The standard InChI is InChI=1S/C13H21N3O2/c1-10(2)16-12(14-9-15-16)8-11(17)13(18)6-4-3-5-7-13/h9-10,18H,3-8H2,1-2H3. The van der Waals surface area contributed by atoms with Crippen LogP contribution in [0, 0.1) is 0 Å². The van der Waals surface area contributed by atoms with Crippen molar-refractivity contribution in [1.82, 2.24) is 14.8 Å². The Morgan fingerprint density at radius 1 is 1.44 bits per heavy atom. The van der Waals surface area contributed by atoms with Crippen LogP contribution in [0.2, 0.25) is 0 Å². The fourth-order valence-electron chi connectivity index (χ4n) is 2.56. The van der Waals surface area contributed by atoms with E-state index in [2.05, 4.69) is 10.1 Å². The summed E-state index contributed by atoms with van der Waals surface area (Å²) in [4.78, 5) is 16.4. The molecule has 0 radical (unpaired) electrons. The number of hydrogen-bond acceptors (Lipinski definition) is 4. The number of carbonyl (C=O) groups excluding carboxylic acids is 1. The Morgan fingerprint density at radius 3 is 2.72 bits per heavy atom. The van der Waals surface area contributed by atoms with Gasteiger partial charge in [-0.2, -0.15) is 5.10 Å². The number of aliphatic hydroxyl groups is 1. The summed E-state index contributed by atoms with van der Waals surface area (Å²) in [5.74, 6) is 0.533. The van der Waals surface area contributed by atoms with Crippen LogP contribution in [-0.4, -0.2) is 31.3 Å². The third kappa shape index (κ3) is 2.61. The van der Waals surface area contributed by atoms with Gasteiger partial charge in [0.2, 0.25) is 0 Å². The van der Waals surface area contributed by atoms with Crippen LogP contribution >= 0.6 is 0 Å². The molecule has 5 nitrogen and oxygen atoms in total. The van der Waals surface area contributed by atoms with E-state index in [1.54, 1.807) is 4.68 Å². The van der Waals surface area contributed by atoms with E-state index in [4.69, 9.17) is 0 Å². The quantitative estimate of drug-likeness (QED) is 0.883. The summed E-state index contributed by atoms with van der Waals surface area (Å²) >= 11 is 0. The highest BCUT2D eigenvalue weighted by Crippen LogP contribution is 2.29. The topological polar surface area (TPSA) is 68.0 Å². The van der Waals surface area contributed by atoms with E-state index in [9.17, 15) is 9.90 Å². The molecule has 0 spiro atoms. The van der Waals surface area contributed by atoms with Gasteiger partial charge in [0.25, 0.3) is 0 Å². The van der Waals surface area contributed by atoms with Crippen molar-refractivity contribution < 1.29 is 9.90 Å². The third-order valence-corrected chi connectivity index (χ3v) is 3.65. The van der Waals surface area contributed by atoms with E-state index in [0.717, 1.165) is 19.3 Å². The number of carbonyl (C=O) groups is 1. The third-order valence-electron chi connectivity index (χ3n) is 3.65. The maximum absolute atomic E-state index is 12.2. The maximum atomic E-state index is 12.2. The Morgan fingerprint density at radius 2 is 2.11 bits per heavy atom. The van der Waals surface area contributed by atoms with Gasteiger partial charge in [-0.25, -0.2) is 9.67 Å². The van der Waals surface area contributed by atoms with Crippen LogP contribution < -0.4 is 0 Å². The van der Waals surface area contributed by atoms with E-state index in [1.165, 1.54) is 6.33 Å². The van der Waals surface area contributed by atoms with Gasteiger partial charge in [0, 0.05) is 6.04 Å². The number of hydrogen-bond donors (Lipinski definition) is 1. The van der Waals surface area contributed by atoms with Crippen LogP contribution in [0.5, 0.6) is 0 Å². The van der Waals surface area contributed by atoms with Crippen molar-refractivity contribution in [2.75, 3.05) is 0 Å². The lowest BCUT2D eigenvalue weighted by molar-refractivity contribution is -0.140. The fraction of sp³-hybridized carbons (Fsp3) is 0.769. The molecule has 1 fully saturated rings. The van der Waals surface area contributed by atoms with Crippen molar-refractivity contribution in [2.45, 2.75) is 64.0 Å². The van der Waals surface area contributed by atoms with Crippen LogP contribution in [0.25, 0.3) is 0 Å². The van der Waals surface area contributed by atoms with Crippen LogP contribution in [-0.2, 0) is 11.2 Å². The fourth-order valence-corrected chi connectivity index (χ4v) is 2.56. The zero-order valence-corrected chi connectivity index (χ0v) is 11.1. The Kier molecular flexibility index (Phi) is 3.80. The van der Waals surface area contributed by atoms with Crippen molar-refractivity contribution in [3.05, 3.63) is 12.2 Å². The monoisotopic (exact) mass is 251 g/mol. The van der Waals surface area contributed by atoms with Gasteiger partial charge in [-0.1, -0.05) is 19.3 Å². The average molecular weight is 251 g/mol. The average Bonchev–Trinajstić information content (AvgIpc) is 2.78. The van der Waals surface area contributed by atoms with Gasteiger partial charge in [-0.15, -0.1) is 0 Å². The van der Waals surface area contributed by atoms with Crippen LogP contribution in [0.3, 0.4) is 0 Å². The summed E-state index contributed by atoms with van der Waals surface area (Å²) in [5, 5.41) is 14.5. The summed E-state index contributed by atoms with van der Waals surface area (Å²) in [6, 6.07) is 0.177. The second-order valence-electron chi connectivity index (χ2n) is 5.41. The molecular formula is C13H21N3O2. The molecule has 100 valence electrons. The first-order chi connectivity index (χ1) is 8.53. The molecule has 0 unspecified atom stereocenters. The number of nitrogens with zero attached hydrogens (tertiary/aromatic N) is 3. The highest BCUT2D eigenvalue weighted by molar-refractivity contribution is 5.88. The molecule has 1 N–H and O–H groups in total. The Bertz CT molecular complexity index is 420. The van der Waals surface area contributed by atoms with Crippen molar-refractivity contribution >= 4 is 5.78 Å². The molecule has 0 bridgehead atoms. The van der Waals surface area contributed by atoms with Gasteiger partial charge in [0.05, 0.1) is 6.42 Å². The summed E-state index contributed by atoms with van der Waals surface area (Å²) in [5.41, 5.74) is -1.13. The number of Topliss-reactive ketones (excluding diaryl/α,β-unsaturated/α-hetero) is 1. The largest absolute Gasteiger partial charge is 0.382 e. The van der Waals surface area contributed by atoms with Crippen molar-refractivity contribution in [2.24, 2.45) is 0 Å². The van der Waals surface area contributed by atoms with Crippen molar-refractivity contribution in [3.8, 4) is 0 Å². The molecule has 0 saturated heterocycles. The van der Waals surface area contributed by atoms with Gasteiger partial charge in [-0.3, -0.25) is 4.79 Å². The predicted octanol–water partition coefficient (Wildman–Crippen LogP) is 1.67. The lowest BCUT2D eigenvalue weighted by Gasteiger charge is -2.30. The minimum absolute atomic E-state index is 0.114. The first-order valence-corrected chi connectivity index (χ1v) is 6.67. The number of ketones is 1. The minimum atomic E-state index is -1.13. The van der Waals surface area contributed by atoms with Gasteiger partial charge < -0.3 is 5.11 Å². The first kappa shape index (κ1) is 13.2. The number of rotatable bonds is 4. The Hall–Kier alpha value is -1.23. The molecule has 0 amide bonds. The molecule has 1 aliphatic carbocycles. The lowest BCUT2D eigenvalue weighted by Crippen LogP contribution is -2.41. The summed E-state index contributed by atoms with van der Waals surface area (Å²) in [6.45, 7) is 4.00. The van der Waals surface area contributed by atoms with E-state index >= 15 is 0 Å². The lowest BCUT2D eigenvalue weighted by atomic mass is 9.81. The van der Waals surface area contributed by atoms with E-state index in [-0.39, 0.29) is 18.2 Å². The Labute approximate surface area is 107 Å². The molecule has 1 saturated carbocycles. The molecule has 0 atom stereocenters. The SMILES string of the molecule is CC(C)n1ncnc1CC(=O)C1(O)CCCCC1. The van der Waals surface area contributed by atoms with Gasteiger partial charge in [-0.05, 0) is 26.7 Å². The molecule has 5 heteroatoms. The molecule has 1 aliphatic rings. The molecule has 1 aromatic rings. The van der Waals surface area contributed by atoms with E-state index < -0.39 is 5.60 Å². The van der Waals surface area contributed by atoms with Crippen molar-refractivity contribution in [1.29, 1.82) is 0 Å². The molecule has 18 heavy (non-hydrogen) atoms. The molecule has 0 aliphatic heterocycles. The van der Waals surface area contributed by atoms with E-state index in [1.807, 2.05) is 13.8 Å². The molecule has 0 aromatic carbocycles. The summed E-state index contributed by atoms with van der Waals surface area (Å²) < 4.78 is 1.74. The second-order valence-corrected chi connectivity index (χ2v) is 5.41. The van der Waals surface area contributed by atoms with Crippen LogP contribution in [0.4, 0.5) is 0 Å². The van der Waals surface area contributed by atoms with Gasteiger partial charge >= 0.3 is 0 Å². The van der Waals surface area contributed by atoms with Crippen LogP contribution in [0.1, 0.15) is 57.8 Å². The highest BCUT2D eigenvalue weighted by atomic mass is 16.3. The van der Waals surface area contributed by atoms with Crippen molar-refractivity contribution in [3.63, 3.8) is 0 Å². The highest BCUT2D eigenvalue weighted by Gasteiger charge is 2.37. The van der Waals surface area contributed by atoms with Crippen LogP contribution in [0.15, 0.2) is 6.33 Å². The minimum Gasteiger partial charge on any atom is -0.382 e. The predicted molar refractivity (Wildman–Crippen MR) is 67.2 cm³/mol. The maximum Gasteiger partial charge on any atom is 0.171 e.